The van der Waals surface area contributed by atoms with Crippen molar-refractivity contribution in [2.45, 2.75) is 69.9 Å². The summed E-state index contributed by atoms with van der Waals surface area (Å²) in [5, 5.41) is 17.1. The number of hydrogen-bond acceptors (Lipinski definition) is 4. The third kappa shape index (κ3) is 7.07. The summed E-state index contributed by atoms with van der Waals surface area (Å²) in [4.78, 5) is 11.7. The fourth-order valence-corrected chi connectivity index (χ4v) is 4.62. The van der Waals surface area contributed by atoms with Crippen molar-refractivity contribution in [1.82, 2.24) is 20.5 Å². The largest absolute Gasteiger partial charge is 0.387 e. The van der Waals surface area contributed by atoms with Crippen molar-refractivity contribution >= 4 is 29.9 Å². The molecule has 164 valence electrons. The predicted molar refractivity (Wildman–Crippen MR) is 130 cm³/mol. The van der Waals surface area contributed by atoms with Crippen LogP contribution in [0.2, 0.25) is 0 Å². The van der Waals surface area contributed by atoms with Crippen LogP contribution in [0, 0.1) is 0 Å². The van der Waals surface area contributed by atoms with Gasteiger partial charge < -0.3 is 15.7 Å². The summed E-state index contributed by atoms with van der Waals surface area (Å²) in [5.41, 5.74) is 1.10. The number of aliphatic hydroxyl groups excluding tert-OH is 1. The zero-order valence-corrected chi connectivity index (χ0v) is 20.1. The van der Waals surface area contributed by atoms with Gasteiger partial charge in [0.1, 0.15) is 0 Å². The maximum absolute atomic E-state index is 10.4. The summed E-state index contributed by atoms with van der Waals surface area (Å²) < 4.78 is 0. The number of hydrogen-bond donors (Lipinski definition) is 3. The summed E-state index contributed by atoms with van der Waals surface area (Å²) >= 11 is 0. The molecule has 7 heteroatoms. The Morgan fingerprint density at radius 1 is 1.10 bits per heavy atom. The van der Waals surface area contributed by atoms with Gasteiger partial charge in [-0.1, -0.05) is 25.7 Å². The van der Waals surface area contributed by atoms with E-state index < -0.39 is 6.10 Å². The minimum atomic E-state index is -0.572. The highest BCUT2D eigenvalue weighted by molar-refractivity contribution is 14.0. The Balaban J connectivity index is 0.00000300. The van der Waals surface area contributed by atoms with Crippen LogP contribution in [0.15, 0.2) is 29.5 Å². The van der Waals surface area contributed by atoms with Gasteiger partial charge in [0, 0.05) is 31.0 Å². The van der Waals surface area contributed by atoms with E-state index in [1.807, 2.05) is 12.1 Å². The van der Waals surface area contributed by atoms with Gasteiger partial charge in [0.05, 0.1) is 12.6 Å². The molecule has 1 aromatic heterocycles. The van der Waals surface area contributed by atoms with E-state index in [0.717, 1.165) is 24.6 Å². The number of rotatable bonds is 7. The SMILES string of the molecule is CCNC(=NCC1(N2CCCCC2)CCCCC1)NCC(O)c1ccncc1.I. The first-order valence-corrected chi connectivity index (χ1v) is 11.1. The van der Waals surface area contributed by atoms with Crippen molar-refractivity contribution < 1.29 is 5.11 Å². The van der Waals surface area contributed by atoms with E-state index in [1.54, 1.807) is 12.4 Å². The lowest BCUT2D eigenvalue weighted by Crippen LogP contribution is -2.54. The van der Waals surface area contributed by atoms with Crippen LogP contribution < -0.4 is 10.6 Å². The Labute approximate surface area is 193 Å². The maximum Gasteiger partial charge on any atom is 0.191 e. The van der Waals surface area contributed by atoms with Crippen LogP contribution in [0.3, 0.4) is 0 Å². The molecule has 1 aliphatic heterocycles. The van der Waals surface area contributed by atoms with Crippen molar-refractivity contribution in [3.8, 4) is 0 Å². The van der Waals surface area contributed by atoms with E-state index in [0.29, 0.717) is 6.54 Å². The predicted octanol–water partition coefficient (Wildman–Crippen LogP) is 3.48. The molecule has 0 spiro atoms. The first-order valence-electron chi connectivity index (χ1n) is 11.1. The van der Waals surface area contributed by atoms with Crippen LogP contribution in [0.4, 0.5) is 0 Å². The summed E-state index contributed by atoms with van der Waals surface area (Å²) in [5.74, 6) is 0.803. The molecule has 2 heterocycles. The second kappa shape index (κ2) is 12.7. The monoisotopic (exact) mass is 515 g/mol. The number of likely N-dealkylation sites (tertiary alicyclic amines) is 1. The number of guanidine groups is 1. The summed E-state index contributed by atoms with van der Waals surface area (Å²) in [6.45, 7) is 6.62. The number of nitrogens with one attached hydrogen (secondary N) is 2. The molecule has 1 saturated carbocycles. The summed E-state index contributed by atoms with van der Waals surface area (Å²) in [7, 11) is 0. The second-order valence-corrected chi connectivity index (χ2v) is 8.21. The number of pyridine rings is 1. The van der Waals surface area contributed by atoms with Crippen LogP contribution in [0.25, 0.3) is 0 Å². The number of nitrogens with zero attached hydrogens (tertiary/aromatic N) is 3. The van der Waals surface area contributed by atoms with Crippen LogP contribution >= 0.6 is 24.0 Å². The first kappa shape index (κ1) is 24.3. The Kier molecular flexibility index (Phi) is 10.7. The van der Waals surface area contributed by atoms with Crippen LogP contribution in [0.1, 0.15) is 70.0 Å². The third-order valence-electron chi connectivity index (χ3n) is 6.24. The molecular weight excluding hydrogens is 477 g/mol. The minimum Gasteiger partial charge on any atom is -0.387 e. The van der Waals surface area contributed by atoms with Crippen LogP contribution in [-0.4, -0.2) is 59.2 Å². The zero-order chi connectivity index (χ0) is 19.7. The fourth-order valence-electron chi connectivity index (χ4n) is 4.62. The molecular formula is C22H38IN5O. The molecule has 1 aliphatic carbocycles. The van der Waals surface area contributed by atoms with Gasteiger partial charge in [-0.15, -0.1) is 24.0 Å². The van der Waals surface area contributed by atoms with Gasteiger partial charge >= 0.3 is 0 Å². The molecule has 0 bridgehead atoms. The maximum atomic E-state index is 10.4. The van der Waals surface area contributed by atoms with Crippen LogP contribution in [-0.2, 0) is 0 Å². The topological polar surface area (TPSA) is 72.8 Å². The molecule has 29 heavy (non-hydrogen) atoms. The van der Waals surface area contributed by atoms with Crippen molar-refractivity contribution in [3.63, 3.8) is 0 Å². The lowest BCUT2D eigenvalue weighted by molar-refractivity contribution is 0.0407. The van der Waals surface area contributed by atoms with E-state index >= 15 is 0 Å². The standard InChI is InChI=1S/C22H37N5O.HI/c1-2-24-21(25-17-20(28)19-9-13-23-14-10-19)26-18-22(11-5-3-6-12-22)27-15-7-4-8-16-27;/h9-10,13-14,20,28H,2-8,11-12,15-18H2,1H3,(H2,24,25,26);1H. The molecule has 1 atom stereocenters. The van der Waals surface area contributed by atoms with Gasteiger partial charge in [0.2, 0.25) is 0 Å². The molecule has 2 aliphatic rings. The van der Waals surface area contributed by atoms with Gasteiger partial charge in [0.15, 0.2) is 5.96 Å². The van der Waals surface area contributed by atoms with E-state index in [4.69, 9.17) is 4.99 Å². The average molecular weight is 515 g/mol. The molecule has 0 radical (unpaired) electrons. The van der Waals surface area contributed by atoms with Gasteiger partial charge in [-0.2, -0.15) is 0 Å². The number of aromatic nitrogens is 1. The summed E-state index contributed by atoms with van der Waals surface area (Å²) in [6, 6.07) is 3.70. The molecule has 0 aromatic carbocycles. The number of aliphatic imine (C=N–C) groups is 1. The van der Waals surface area contributed by atoms with E-state index in [1.165, 1.54) is 64.5 Å². The molecule has 2 fully saturated rings. The van der Waals surface area contributed by atoms with E-state index in [9.17, 15) is 5.11 Å². The lowest BCUT2D eigenvalue weighted by atomic mass is 9.79. The Hall–Kier alpha value is -0.930. The molecule has 3 rings (SSSR count). The minimum absolute atomic E-state index is 0. The lowest BCUT2D eigenvalue weighted by Gasteiger charge is -2.47. The molecule has 1 aromatic rings. The molecule has 1 unspecified atom stereocenters. The highest BCUT2D eigenvalue weighted by atomic mass is 127. The van der Waals surface area contributed by atoms with E-state index in [2.05, 4.69) is 27.4 Å². The highest BCUT2D eigenvalue weighted by Gasteiger charge is 2.38. The molecule has 6 nitrogen and oxygen atoms in total. The van der Waals surface area contributed by atoms with Crippen molar-refractivity contribution in [2.75, 3.05) is 32.7 Å². The van der Waals surface area contributed by atoms with Gasteiger partial charge in [0.25, 0.3) is 0 Å². The highest BCUT2D eigenvalue weighted by Crippen LogP contribution is 2.35. The Bertz CT molecular complexity index is 600. The van der Waals surface area contributed by atoms with Crippen molar-refractivity contribution in [2.24, 2.45) is 4.99 Å². The fraction of sp³-hybridized carbons (Fsp3) is 0.727. The van der Waals surface area contributed by atoms with Gasteiger partial charge in [-0.3, -0.25) is 14.9 Å². The zero-order valence-electron chi connectivity index (χ0n) is 17.8. The second-order valence-electron chi connectivity index (χ2n) is 8.21. The number of aliphatic hydroxyl groups is 1. The number of halogens is 1. The van der Waals surface area contributed by atoms with Crippen LogP contribution in [0.5, 0.6) is 0 Å². The van der Waals surface area contributed by atoms with Crippen molar-refractivity contribution in [3.05, 3.63) is 30.1 Å². The normalized spacial score (nSPS) is 21.1. The van der Waals surface area contributed by atoms with Crippen molar-refractivity contribution in [1.29, 1.82) is 0 Å². The summed E-state index contributed by atoms with van der Waals surface area (Å²) in [6.07, 6.45) is 13.4. The van der Waals surface area contributed by atoms with Gasteiger partial charge in [-0.05, 0) is 63.4 Å². The number of piperidine rings is 1. The molecule has 0 amide bonds. The van der Waals surface area contributed by atoms with Gasteiger partial charge in [-0.25, -0.2) is 0 Å². The molecule has 3 N–H and O–H groups in total. The Morgan fingerprint density at radius 2 is 1.76 bits per heavy atom. The average Bonchev–Trinajstić information content (AvgIpc) is 2.77. The van der Waals surface area contributed by atoms with E-state index in [-0.39, 0.29) is 29.5 Å². The smallest absolute Gasteiger partial charge is 0.191 e. The first-order chi connectivity index (χ1) is 13.7. The quantitative estimate of drug-likeness (QED) is 0.295. The Morgan fingerprint density at radius 3 is 2.41 bits per heavy atom. The molecule has 1 saturated heterocycles. The third-order valence-corrected chi connectivity index (χ3v) is 6.24.